The van der Waals surface area contributed by atoms with E-state index in [4.69, 9.17) is 14.2 Å². The zero-order valence-electron chi connectivity index (χ0n) is 15.6. The van der Waals surface area contributed by atoms with Crippen molar-refractivity contribution in [1.29, 1.82) is 0 Å². The molecule has 0 atom stereocenters. The van der Waals surface area contributed by atoms with Crippen molar-refractivity contribution in [2.24, 2.45) is 0 Å². The Morgan fingerprint density at radius 3 is 2.79 bits per heavy atom. The fraction of sp³-hybridized carbons (Fsp3) is 0.238. The first-order valence-corrected chi connectivity index (χ1v) is 8.97. The van der Waals surface area contributed by atoms with Gasteiger partial charge in [-0.1, -0.05) is 36.4 Å². The quantitative estimate of drug-likeness (QED) is 0.683. The maximum atomic E-state index is 12.6. The van der Waals surface area contributed by atoms with Gasteiger partial charge in [-0.05, 0) is 17.7 Å². The Hall–Kier alpha value is -3.32. The van der Waals surface area contributed by atoms with Crippen molar-refractivity contribution in [3.8, 4) is 22.9 Å². The lowest BCUT2D eigenvalue weighted by Crippen LogP contribution is -2.33. The molecule has 2 aromatic carbocycles. The van der Waals surface area contributed by atoms with E-state index < -0.39 is 0 Å². The minimum absolute atomic E-state index is 0.0181. The normalized spacial score (nSPS) is 12.2. The van der Waals surface area contributed by atoms with Crippen LogP contribution in [0, 0.1) is 0 Å². The molecule has 0 saturated heterocycles. The van der Waals surface area contributed by atoms with Crippen LogP contribution in [-0.4, -0.2) is 41.3 Å². The standard InChI is InChI=1S/C21H21N3O4/c1-26-13-20(25)24(11-15-7-8-18-19(9-15)28-14-27-18)12-17-10-22-21(23-17)16-5-3-2-4-6-16/h2-10H,11-14H2,1H3,(H,22,23). The Balaban J connectivity index is 1.52. The maximum Gasteiger partial charge on any atom is 0.249 e. The number of imidazole rings is 1. The van der Waals surface area contributed by atoms with Crippen LogP contribution in [0.15, 0.2) is 54.7 Å². The van der Waals surface area contributed by atoms with Gasteiger partial charge in [0.15, 0.2) is 11.5 Å². The molecular formula is C21H21N3O4. The number of nitrogens with zero attached hydrogens (tertiary/aromatic N) is 2. The highest BCUT2D eigenvalue weighted by Crippen LogP contribution is 2.33. The number of H-pyrrole nitrogens is 1. The lowest BCUT2D eigenvalue weighted by molar-refractivity contribution is -0.136. The van der Waals surface area contributed by atoms with Crippen molar-refractivity contribution in [3.05, 3.63) is 66.0 Å². The number of benzene rings is 2. The second-order valence-corrected chi connectivity index (χ2v) is 6.49. The minimum Gasteiger partial charge on any atom is -0.454 e. The third kappa shape index (κ3) is 3.99. The van der Waals surface area contributed by atoms with Crippen LogP contribution in [0.2, 0.25) is 0 Å². The smallest absolute Gasteiger partial charge is 0.249 e. The average molecular weight is 379 g/mol. The molecule has 0 saturated carbocycles. The molecule has 28 heavy (non-hydrogen) atoms. The van der Waals surface area contributed by atoms with Gasteiger partial charge in [0.25, 0.3) is 0 Å². The van der Waals surface area contributed by atoms with Gasteiger partial charge in [-0.15, -0.1) is 0 Å². The molecule has 1 aliphatic heterocycles. The van der Waals surface area contributed by atoms with Gasteiger partial charge in [0.2, 0.25) is 12.7 Å². The molecule has 144 valence electrons. The van der Waals surface area contributed by atoms with E-state index in [1.807, 2.05) is 48.5 Å². The topological polar surface area (TPSA) is 76.7 Å². The highest BCUT2D eigenvalue weighted by molar-refractivity contribution is 5.77. The summed E-state index contributed by atoms with van der Waals surface area (Å²) in [6.45, 7) is 1.07. The highest BCUT2D eigenvalue weighted by atomic mass is 16.7. The summed E-state index contributed by atoms with van der Waals surface area (Å²) in [5.41, 5.74) is 2.81. The van der Waals surface area contributed by atoms with Crippen molar-refractivity contribution >= 4 is 5.91 Å². The summed E-state index contributed by atoms with van der Waals surface area (Å²) in [5.74, 6) is 2.10. The molecule has 7 nitrogen and oxygen atoms in total. The molecule has 0 aliphatic carbocycles. The zero-order valence-corrected chi connectivity index (χ0v) is 15.6. The largest absolute Gasteiger partial charge is 0.454 e. The van der Waals surface area contributed by atoms with Crippen LogP contribution in [-0.2, 0) is 22.6 Å². The maximum absolute atomic E-state index is 12.6. The lowest BCUT2D eigenvalue weighted by atomic mass is 10.2. The van der Waals surface area contributed by atoms with Crippen LogP contribution in [0.25, 0.3) is 11.4 Å². The van der Waals surface area contributed by atoms with Crippen molar-refractivity contribution in [2.45, 2.75) is 13.1 Å². The summed E-state index contributed by atoms with van der Waals surface area (Å²) in [5, 5.41) is 0. The predicted molar refractivity (Wildman–Crippen MR) is 103 cm³/mol. The van der Waals surface area contributed by atoms with Gasteiger partial charge in [0.1, 0.15) is 12.4 Å². The number of hydrogen-bond acceptors (Lipinski definition) is 5. The molecule has 1 N–H and O–H groups in total. The summed E-state index contributed by atoms with van der Waals surface area (Å²) in [7, 11) is 1.51. The van der Waals surface area contributed by atoms with E-state index >= 15 is 0 Å². The van der Waals surface area contributed by atoms with Gasteiger partial charge in [-0.25, -0.2) is 4.98 Å². The number of amides is 1. The van der Waals surface area contributed by atoms with Gasteiger partial charge < -0.3 is 24.1 Å². The molecule has 3 aromatic rings. The number of hydrogen-bond donors (Lipinski definition) is 1. The monoisotopic (exact) mass is 379 g/mol. The van der Waals surface area contributed by atoms with Gasteiger partial charge in [-0.3, -0.25) is 4.79 Å². The number of carbonyl (C=O) groups is 1. The molecule has 1 aliphatic rings. The van der Waals surface area contributed by atoms with Crippen molar-refractivity contribution in [3.63, 3.8) is 0 Å². The fourth-order valence-corrected chi connectivity index (χ4v) is 3.09. The molecule has 7 heteroatoms. The first-order chi connectivity index (χ1) is 13.7. The second-order valence-electron chi connectivity index (χ2n) is 6.49. The Kier molecular flexibility index (Phi) is 5.25. The summed E-state index contributed by atoms with van der Waals surface area (Å²) in [6, 6.07) is 15.6. The summed E-state index contributed by atoms with van der Waals surface area (Å²) >= 11 is 0. The van der Waals surface area contributed by atoms with Crippen LogP contribution in [0.1, 0.15) is 11.3 Å². The first-order valence-electron chi connectivity index (χ1n) is 8.97. The zero-order chi connectivity index (χ0) is 19.3. The molecule has 0 fully saturated rings. The van der Waals surface area contributed by atoms with Crippen LogP contribution >= 0.6 is 0 Å². The average Bonchev–Trinajstić information content (AvgIpc) is 3.37. The van der Waals surface area contributed by atoms with Crippen LogP contribution in [0.3, 0.4) is 0 Å². The molecule has 2 heterocycles. The molecular weight excluding hydrogens is 358 g/mol. The van der Waals surface area contributed by atoms with Crippen LogP contribution in [0.5, 0.6) is 11.5 Å². The summed E-state index contributed by atoms with van der Waals surface area (Å²) < 4.78 is 15.8. The van der Waals surface area contributed by atoms with E-state index in [-0.39, 0.29) is 19.3 Å². The van der Waals surface area contributed by atoms with E-state index in [1.165, 1.54) is 7.11 Å². The number of carbonyl (C=O) groups excluding carboxylic acids is 1. The van der Waals surface area contributed by atoms with E-state index in [1.54, 1.807) is 11.1 Å². The molecule has 0 spiro atoms. The molecule has 1 aromatic heterocycles. The number of nitrogens with one attached hydrogen (secondary N) is 1. The lowest BCUT2D eigenvalue weighted by Gasteiger charge is -2.22. The third-order valence-corrected chi connectivity index (χ3v) is 4.47. The predicted octanol–water partition coefficient (Wildman–Crippen LogP) is 2.98. The number of methoxy groups -OCH3 is 1. The first kappa shape index (κ1) is 18.1. The number of aromatic nitrogens is 2. The Morgan fingerprint density at radius 2 is 1.96 bits per heavy atom. The summed E-state index contributed by atoms with van der Waals surface area (Å²) in [6.07, 6.45) is 1.76. The van der Waals surface area contributed by atoms with Crippen molar-refractivity contribution in [1.82, 2.24) is 14.9 Å². The molecule has 4 rings (SSSR count). The van der Waals surface area contributed by atoms with Gasteiger partial charge in [-0.2, -0.15) is 0 Å². The third-order valence-electron chi connectivity index (χ3n) is 4.47. The minimum atomic E-state index is -0.101. The number of fused-ring (bicyclic) bond motifs is 1. The van der Waals surface area contributed by atoms with Crippen LogP contribution in [0.4, 0.5) is 0 Å². The Morgan fingerprint density at radius 1 is 1.14 bits per heavy atom. The van der Waals surface area contributed by atoms with E-state index in [0.717, 1.165) is 28.4 Å². The van der Waals surface area contributed by atoms with Gasteiger partial charge >= 0.3 is 0 Å². The Labute approximate surface area is 162 Å². The molecule has 1 amide bonds. The van der Waals surface area contributed by atoms with E-state index in [9.17, 15) is 4.79 Å². The fourth-order valence-electron chi connectivity index (χ4n) is 3.09. The van der Waals surface area contributed by atoms with Crippen molar-refractivity contribution in [2.75, 3.05) is 20.5 Å². The van der Waals surface area contributed by atoms with Crippen molar-refractivity contribution < 1.29 is 19.0 Å². The van der Waals surface area contributed by atoms with Gasteiger partial charge in [0, 0.05) is 19.2 Å². The highest BCUT2D eigenvalue weighted by Gasteiger charge is 2.19. The number of aromatic amines is 1. The number of rotatable bonds is 7. The second kappa shape index (κ2) is 8.14. The number of ether oxygens (including phenoxy) is 3. The Bertz CT molecular complexity index is 955. The van der Waals surface area contributed by atoms with E-state index in [0.29, 0.717) is 18.8 Å². The summed E-state index contributed by atoms with van der Waals surface area (Å²) in [4.78, 5) is 22.0. The molecule has 0 radical (unpaired) electrons. The molecule has 0 bridgehead atoms. The SMILES string of the molecule is COCC(=O)N(Cc1ccc2c(c1)OCO2)Cc1cnc(-c2ccccc2)[nH]1. The van der Waals surface area contributed by atoms with E-state index in [2.05, 4.69) is 9.97 Å². The van der Waals surface area contributed by atoms with Crippen LogP contribution < -0.4 is 9.47 Å². The van der Waals surface area contributed by atoms with Gasteiger partial charge in [0.05, 0.1) is 18.4 Å². The molecule has 0 unspecified atom stereocenters.